The van der Waals surface area contributed by atoms with E-state index in [0.29, 0.717) is 30.0 Å². The summed E-state index contributed by atoms with van der Waals surface area (Å²) in [6.07, 6.45) is 0. The summed E-state index contributed by atoms with van der Waals surface area (Å²) in [5, 5.41) is 9.27. The molecule has 2 aliphatic rings. The van der Waals surface area contributed by atoms with Gasteiger partial charge in [0.1, 0.15) is 0 Å². The molecule has 0 aromatic heterocycles. The van der Waals surface area contributed by atoms with Crippen molar-refractivity contribution in [1.29, 1.82) is 0 Å². The van der Waals surface area contributed by atoms with E-state index in [0.717, 1.165) is 45.0 Å². The van der Waals surface area contributed by atoms with Gasteiger partial charge in [-0.3, -0.25) is 9.69 Å². The van der Waals surface area contributed by atoms with Crippen molar-refractivity contribution in [3.05, 3.63) is 126 Å². The highest BCUT2D eigenvalue weighted by Crippen LogP contribution is 2.33. The predicted molar refractivity (Wildman–Crippen MR) is 173 cm³/mol. The number of hydrogen-bond donors (Lipinski definition) is 3. The molecule has 6 rings (SSSR count). The molecule has 8 heteroatoms. The smallest absolute Gasteiger partial charge is 0.323 e. The van der Waals surface area contributed by atoms with Crippen molar-refractivity contribution in [2.45, 2.75) is 6.04 Å². The van der Waals surface area contributed by atoms with Gasteiger partial charge in [-0.2, -0.15) is 0 Å². The fourth-order valence-electron chi connectivity index (χ4n) is 5.99. The predicted octanol–water partition coefficient (Wildman–Crippen LogP) is 5.29. The zero-order chi connectivity index (χ0) is 29.4. The summed E-state index contributed by atoms with van der Waals surface area (Å²) in [4.78, 5) is 33.1. The molecule has 3 N–H and O–H groups in total. The van der Waals surface area contributed by atoms with Crippen LogP contribution < -0.4 is 20.9 Å². The molecule has 4 aromatic rings. The Balaban J connectivity index is 1.24. The van der Waals surface area contributed by atoms with Crippen LogP contribution in [-0.4, -0.2) is 74.1 Å². The lowest BCUT2D eigenvalue weighted by molar-refractivity contribution is 0.0736. The standard InChI is InChI=1S/C35H38N6O2/c42-34(41-20-18-36-19-21-41)29-16-17-31(38-35(43)37-30-14-8-3-9-15-30)32(26-29)39-22-24-40(25-23-39)33(27-10-4-1-5-11-27)28-12-6-2-7-13-28/h1-17,26,33,36H,18-25H2,(H2,37,38,43). The SMILES string of the molecule is O=C(Nc1ccccc1)Nc1ccc(C(=O)N2CCNCC2)cc1N1CCN(C(c2ccccc2)c2ccccc2)CC1. The third-order valence-corrected chi connectivity index (χ3v) is 8.18. The Kier molecular flexibility index (Phi) is 8.96. The highest BCUT2D eigenvalue weighted by Gasteiger charge is 2.28. The van der Waals surface area contributed by atoms with Gasteiger partial charge in [-0.05, 0) is 41.5 Å². The lowest BCUT2D eigenvalue weighted by Gasteiger charge is -2.41. The number of urea groups is 1. The first-order valence-electron chi connectivity index (χ1n) is 15.0. The van der Waals surface area contributed by atoms with Gasteiger partial charge in [0.2, 0.25) is 0 Å². The number of para-hydroxylation sites is 1. The van der Waals surface area contributed by atoms with Crippen LogP contribution in [0.3, 0.4) is 0 Å². The number of carbonyl (C=O) groups excluding carboxylic acids is 2. The van der Waals surface area contributed by atoms with Crippen molar-refractivity contribution < 1.29 is 9.59 Å². The molecule has 220 valence electrons. The molecule has 0 bridgehead atoms. The maximum absolute atomic E-state index is 13.4. The van der Waals surface area contributed by atoms with Gasteiger partial charge >= 0.3 is 6.03 Å². The number of hydrogen-bond acceptors (Lipinski definition) is 5. The molecule has 0 atom stereocenters. The van der Waals surface area contributed by atoms with Gasteiger partial charge in [-0.15, -0.1) is 0 Å². The Labute approximate surface area is 253 Å². The third-order valence-electron chi connectivity index (χ3n) is 8.18. The van der Waals surface area contributed by atoms with Crippen LogP contribution >= 0.6 is 0 Å². The molecule has 4 aromatic carbocycles. The second kappa shape index (κ2) is 13.5. The molecule has 0 radical (unpaired) electrons. The Morgan fingerprint density at radius 1 is 0.651 bits per heavy atom. The molecule has 2 heterocycles. The van der Waals surface area contributed by atoms with Crippen LogP contribution in [0.15, 0.2) is 109 Å². The number of nitrogens with zero attached hydrogens (tertiary/aromatic N) is 3. The lowest BCUT2D eigenvalue weighted by atomic mass is 9.96. The molecular formula is C35H38N6O2. The summed E-state index contributed by atoms with van der Waals surface area (Å²) in [5.41, 5.74) is 5.44. The van der Waals surface area contributed by atoms with E-state index < -0.39 is 0 Å². The normalized spacial score (nSPS) is 15.7. The van der Waals surface area contributed by atoms with E-state index in [2.05, 4.69) is 86.4 Å². The molecule has 2 saturated heterocycles. The Morgan fingerprint density at radius 3 is 1.84 bits per heavy atom. The summed E-state index contributed by atoms with van der Waals surface area (Å²) in [7, 11) is 0. The van der Waals surface area contributed by atoms with E-state index in [1.54, 1.807) is 0 Å². The summed E-state index contributed by atoms with van der Waals surface area (Å²) in [5.74, 6) is 0.0230. The maximum atomic E-state index is 13.4. The average Bonchev–Trinajstić information content (AvgIpc) is 3.07. The second-order valence-electron chi connectivity index (χ2n) is 11.0. The molecule has 43 heavy (non-hydrogen) atoms. The fraction of sp³-hybridized carbons (Fsp3) is 0.257. The fourth-order valence-corrected chi connectivity index (χ4v) is 5.99. The van der Waals surface area contributed by atoms with Gasteiger partial charge in [-0.1, -0.05) is 78.9 Å². The largest absolute Gasteiger partial charge is 0.367 e. The summed E-state index contributed by atoms with van der Waals surface area (Å²) in [6.45, 7) is 6.15. The monoisotopic (exact) mass is 574 g/mol. The number of amides is 3. The van der Waals surface area contributed by atoms with Crippen LogP contribution in [-0.2, 0) is 0 Å². The molecule has 8 nitrogen and oxygen atoms in total. The van der Waals surface area contributed by atoms with E-state index in [9.17, 15) is 9.59 Å². The molecule has 3 amide bonds. The van der Waals surface area contributed by atoms with Gasteiger partial charge in [-0.25, -0.2) is 4.79 Å². The first-order valence-corrected chi connectivity index (χ1v) is 15.0. The van der Waals surface area contributed by atoms with Crippen LogP contribution in [0.5, 0.6) is 0 Å². The van der Waals surface area contributed by atoms with E-state index in [4.69, 9.17) is 0 Å². The van der Waals surface area contributed by atoms with Crippen molar-refractivity contribution >= 4 is 29.0 Å². The summed E-state index contributed by atoms with van der Waals surface area (Å²) < 4.78 is 0. The summed E-state index contributed by atoms with van der Waals surface area (Å²) in [6, 6.07) is 36.1. The Bertz CT molecular complexity index is 1460. The maximum Gasteiger partial charge on any atom is 0.323 e. The van der Waals surface area contributed by atoms with Crippen molar-refractivity contribution in [2.24, 2.45) is 0 Å². The van der Waals surface area contributed by atoms with Crippen molar-refractivity contribution in [3.8, 4) is 0 Å². The first kappa shape index (κ1) is 28.5. The Hall–Kier alpha value is -4.66. The minimum atomic E-state index is -0.319. The van der Waals surface area contributed by atoms with E-state index in [1.165, 1.54) is 11.1 Å². The molecule has 0 aliphatic carbocycles. The van der Waals surface area contributed by atoms with Gasteiger partial charge in [0.05, 0.1) is 17.4 Å². The number of benzene rings is 4. The van der Waals surface area contributed by atoms with Crippen LogP contribution in [0, 0.1) is 0 Å². The quantitative estimate of drug-likeness (QED) is 0.280. The zero-order valence-electron chi connectivity index (χ0n) is 24.3. The first-order chi connectivity index (χ1) is 21.2. The highest BCUT2D eigenvalue weighted by molar-refractivity contribution is 6.03. The molecule has 0 saturated carbocycles. The zero-order valence-corrected chi connectivity index (χ0v) is 24.3. The number of rotatable bonds is 7. The molecule has 2 fully saturated rings. The lowest BCUT2D eigenvalue weighted by Crippen LogP contribution is -2.48. The topological polar surface area (TPSA) is 79.9 Å². The van der Waals surface area contributed by atoms with Gasteiger partial charge < -0.3 is 25.8 Å². The van der Waals surface area contributed by atoms with Gasteiger partial charge in [0, 0.05) is 63.6 Å². The van der Waals surface area contributed by atoms with Gasteiger partial charge in [0.15, 0.2) is 0 Å². The summed E-state index contributed by atoms with van der Waals surface area (Å²) >= 11 is 0. The van der Waals surface area contributed by atoms with Crippen LogP contribution in [0.4, 0.5) is 21.9 Å². The van der Waals surface area contributed by atoms with Crippen LogP contribution in [0.1, 0.15) is 27.5 Å². The molecular weight excluding hydrogens is 536 g/mol. The van der Waals surface area contributed by atoms with Crippen LogP contribution in [0.2, 0.25) is 0 Å². The van der Waals surface area contributed by atoms with Crippen LogP contribution in [0.25, 0.3) is 0 Å². The minimum Gasteiger partial charge on any atom is -0.367 e. The van der Waals surface area contributed by atoms with E-state index in [1.807, 2.05) is 53.4 Å². The van der Waals surface area contributed by atoms with Crippen molar-refractivity contribution in [3.63, 3.8) is 0 Å². The Morgan fingerprint density at radius 2 is 1.23 bits per heavy atom. The third kappa shape index (κ3) is 6.88. The van der Waals surface area contributed by atoms with E-state index >= 15 is 0 Å². The molecule has 2 aliphatic heterocycles. The van der Waals surface area contributed by atoms with Crippen molar-refractivity contribution in [1.82, 2.24) is 15.1 Å². The average molecular weight is 575 g/mol. The number of nitrogens with one attached hydrogen (secondary N) is 3. The second-order valence-corrected chi connectivity index (χ2v) is 11.0. The highest BCUT2D eigenvalue weighted by atomic mass is 16.2. The molecule has 0 spiro atoms. The number of carbonyl (C=O) groups is 2. The number of anilines is 3. The van der Waals surface area contributed by atoms with Gasteiger partial charge in [0.25, 0.3) is 5.91 Å². The molecule has 0 unspecified atom stereocenters. The van der Waals surface area contributed by atoms with E-state index in [-0.39, 0.29) is 18.0 Å². The number of piperazine rings is 2. The minimum absolute atomic E-state index is 0.0230. The van der Waals surface area contributed by atoms with Crippen molar-refractivity contribution in [2.75, 3.05) is 67.9 Å².